The highest BCUT2D eigenvalue weighted by Crippen LogP contribution is 2.27. The largest absolute Gasteiger partial charge is 0.496 e. The zero-order chi connectivity index (χ0) is 24.6. The molecule has 0 radical (unpaired) electrons. The molecule has 0 fully saturated rings. The van der Waals surface area contributed by atoms with Crippen molar-refractivity contribution in [2.75, 3.05) is 31.6 Å². The van der Waals surface area contributed by atoms with Gasteiger partial charge in [0.15, 0.2) is 0 Å². The molecule has 0 atom stereocenters. The summed E-state index contributed by atoms with van der Waals surface area (Å²) in [6.45, 7) is 1.87. The number of methoxy groups -OCH3 is 2. The Balaban J connectivity index is 1.71. The lowest BCUT2D eigenvalue weighted by Crippen LogP contribution is -2.41. The van der Waals surface area contributed by atoms with Gasteiger partial charge in [-0.3, -0.25) is 9.10 Å². The first-order chi connectivity index (χ1) is 16.4. The van der Waals surface area contributed by atoms with Crippen LogP contribution in [0.25, 0.3) is 0 Å². The van der Waals surface area contributed by atoms with Gasteiger partial charge >= 0.3 is 0 Å². The molecule has 34 heavy (non-hydrogen) atoms. The van der Waals surface area contributed by atoms with E-state index >= 15 is 0 Å². The van der Waals surface area contributed by atoms with Crippen molar-refractivity contribution in [3.8, 4) is 11.5 Å². The minimum absolute atomic E-state index is 0.0959. The highest BCUT2D eigenvalue weighted by atomic mass is 32.2. The molecule has 0 spiro atoms. The first kappa shape index (κ1) is 25.1. The van der Waals surface area contributed by atoms with E-state index in [2.05, 4.69) is 5.32 Å². The van der Waals surface area contributed by atoms with Crippen LogP contribution in [0.1, 0.15) is 17.5 Å². The molecular weight excluding hydrogens is 452 g/mol. The van der Waals surface area contributed by atoms with Gasteiger partial charge in [-0.2, -0.15) is 0 Å². The number of aryl methyl sites for hydroxylation is 2. The van der Waals surface area contributed by atoms with E-state index in [0.29, 0.717) is 30.0 Å². The monoisotopic (exact) mass is 482 g/mol. The van der Waals surface area contributed by atoms with Crippen molar-refractivity contribution < 1.29 is 22.7 Å². The predicted molar refractivity (Wildman–Crippen MR) is 133 cm³/mol. The maximum absolute atomic E-state index is 13.5. The summed E-state index contributed by atoms with van der Waals surface area (Å²) < 4.78 is 38.7. The van der Waals surface area contributed by atoms with Gasteiger partial charge in [0, 0.05) is 6.54 Å². The molecule has 3 rings (SSSR count). The molecule has 180 valence electrons. The van der Waals surface area contributed by atoms with Crippen LogP contribution in [-0.2, 0) is 21.2 Å². The maximum atomic E-state index is 13.5. The lowest BCUT2D eigenvalue weighted by molar-refractivity contribution is -0.119. The topological polar surface area (TPSA) is 84.9 Å². The molecule has 0 saturated carbocycles. The normalized spacial score (nSPS) is 11.0. The number of ether oxygens (including phenoxy) is 2. The Morgan fingerprint density at radius 3 is 2.26 bits per heavy atom. The van der Waals surface area contributed by atoms with Crippen LogP contribution in [0.3, 0.4) is 0 Å². The second kappa shape index (κ2) is 11.6. The molecule has 0 aliphatic heterocycles. The van der Waals surface area contributed by atoms with Crippen LogP contribution in [0.4, 0.5) is 5.69 Å². The fraction of sp³-hybridized carbons (Fsp3) is 0.269. The van der Waals surface area contributed by atoms with Crippen molar-refractivity contribution in [3.63, 3.8) is 0 Å². The number of carbonyl (C=O) groups is 1. The molecule has 0 saturated heterocycles. The molecule has 1 amide bonds. The number of anilines is 1. The SMILES string of the molecule is COc1ccc(S(=O)(=O)N(CC(=O)NCCCc2ccccc2OC)c2ccccc2)cc1C. The van der Waals surface area contributed by atoms with Crippen molar-refractivity contribution in [1.29, 1.82) is 0 Å². The summed E-state index contributed by atoms with van der Waals surface area (Å²) in [6.07, 6.45) is 1.43. The lowest BCUT2D eigenvalue weighted by atomic mass is 10.1. The van der Waals surface area contributed by atoms with E-state index in [-0.39, 0.29) is 17.3 Å². The molecule has 0 heterocycles. The molecule has 0 aliphatic rings. The van der Waals surface area contributed by atoms with Gasteiger partial charge in [-0.05, 0) is 67.3 Å². The Kier molecular flexibility index (Phi) is 8.54. The Morgan fingerprint density at radius 2 is 1.59 bits per heavy atom. The van der Waals surface area contributed by atoms with Gasteiger partial charge in [0.2, 0.25) is 5.91 Å². The minimum Gasteiger partial charge on any atom is -0.496 e. The smallest absolute Gasteiger partial charge is 0.264 e. The predicted octanol–water partition coefficient (Wildman–Crippen LogP) is 3.96. The Labute approximate surface area is 201 Å². The quantitative estimate of drug-likeness (QED) is 0.418. The van der Waals surface area contributed by atoms with Crippen LogP contribution >= 0.6 is 0 Å². The highest BCUT2D eigenvalue weighted by Gasteiger charge is 2.27. The fourth-order valence-electron chi connectivity index (χ4n) is 3.65. The maximum Gasteiger partial charge on any atom is 0.264 e. The van der Waals surface area contributed by atoms with E-state index in [9.17, 15) is 13.2 Å². The highest BCUT2D eigenvalue weighted by molar-refractivity contribution is 7.92. The zero-order valence-corrected chi connectivity index (χ0v) is 20.5. The number of nitrogens with zero attached hydrogens (tertiary/aromatic N) is 1. The molecule has 7 nitrogen and oxygen atoms in total. The summed E-state index contributed by atoms with van der Waals surface area (Å²) in [4.78, 5) is 12.8. The van der Waals surface area contributed by atoms with Crippen LogP contribution in [0, 0.1) is 6.92 Å². The number of rotatable bonds is 11. The van der Waals surface area contributed by atoms with Gasteiger partial charge in [-0.1, -0.05) is 36.4 Å². The van der Waals surface area contributed by atoms with Crippen LogP contribution in [-0.4, -0.2) is 41.6 Å². The summed E-state index contributed by atoms with van der Waals surface area (Å²) in [5.74, 6) is 1.03. The second-order valence-corrected chi connectivity index (χ2v) is 9.61. The number of hydrogen-bond acceptors (Lipinski definition) is 5. The standard InChI is InChI=1S/C26H30N2O5S/c1-20-18-23(15-16-24(20)32-2)34(30,31)28(22-12-5-4-6-13-22)19-26(29)27-17-9-11-21-10-7-8-14-25(21)33-3/h4-8,10,12-16,18H,9,11,17,19H2,1-3H3,(H,27,29). The van der Waals surface area contributed by atoms with Crippen LogP contribution in [0.5, 0.6) is 11.5 Å². The number of benzene rings is 3. The second-order valence-electron chi connectivity index (χ2n) is 7.74. The van der Waals surface area contributed by atoms with Crippen molar-refractivity contribution in [2.24, 2.45) is 0 Å². The molecule has 3 aromatic rings. The van der Waals surface area contributed by atoms with Gasteiger partial charge in [-0.15, -0.1) is 0 Å². The van der Waals surface area contributed by atoms with Gasteiger partial charge in [0.05, 0.1) is 24.8 Å². The van der Waals surface area contributed by atoms with E-state index in [0.717, 1.165) is 22.0 Å². The van der Waals surface area contributed by atoms with Crippen LogP contribution < -0.4 is 19.1 Å². The molecular formula is C26H30N2O5S. The number of sulfonamides is 1. The van der Waals surface area contributed by atoms with Crippen molar-refractivity contribution >= 4 is 21.6 Å². The third-order valence-corrected chi connectivity index (χ3v) is 7.19. The third kappa shape index (κ3) is 6.08. The number of para-hydroxylation sites is 2. The molecule has 8 heteroatoms. The van der Waals surface area contributed by atoms with E-state index in [1.54, 1.807) is 56.5 Å². The molecule has 0 aromatic heterocycles. The summed E-state index contributed by atoms with van der Waals surface area (Å²) in [5, 5.41) is 2.84. The van der Waals surface area contributed by atoms with E-state index in [4.69, 9.17) is 9.47 Å². The number of amides is 1. The molecule has 3 aromatic carbocycles. The van der Waals surface area contributed by atoms with E-state index < -0.39 is 10.0 Å². The third-order valence-electron chi connectivity index (χ3n) is 5.42. The molecule has 0 unspecified atom stereocenters. The fourth-order valence-corrected chi connectivity index (χ4v) is 5.16. The van der Waals surface area contributed by atoms with Crippen LogP contribution in [0.15, 0.2) is 77.7 Å². The average Bonchev–Trinajstić information content (AvgIpc) is 2.85. The van der Waals surface area contributed by atoms with Crippen molar-refractivity contribution in [2.45, 2.75) is 24.7 Å². The zero-order valence-electron chi connectivity index (χ0n) is 19.7. The number of carbonyl (C=O) groups excluding carboxylic acids is 1. The molecule has 1 N–H and O–H groups in total. The van der Waals surface area contributed by atoms with Crippen molar-refractivity contribution in [3.05, 3.63) is 83.9 Å². The van der Waals surface area contributed by atoms with Crippen molar-refractivity contribution in [1.82, 2.24) is 5.32 Å². The first-order valence-corrected chi connectivity index (χ1v) is 12.4. The summed E-state index contributed by atoms with van der Waals surface area (Å²) in [5.41, 5.74) is 2.17. The Bertz CT molecular complexity index is 1210. The summed E-state index contributed by atoms with van der Waals surface area (Å²) >= 11 is 0. The lowest BCUT2D eigenvalue weighted by Gasteiger charge is -2.24. The summed E-state index contributed by atoms with van der Waals surface area (Å²) in [7, 11) is -0.818. The first-order valence-electron chi connectivity index (χ1n) is 11.0. The molecule has 0 aliphatic carbocycles. The Morgan fingerprint density at radius 1 is 0.912 bits per heavy atom. The van der Waals surface area contributed by atoms with E-state index in [1.165, 1.54) is 13.2 Å². The van der Waals surface area contributed by atoms with Gasteiger partial charge < -0.3 is 14.8 Å². The summed E-state index contributed by atoms with van der Waals surface area (Å²) in [6, 6.07) is 21.0. The number of hydrogen-bond donors (Lipinski definition) is 1. The molecule has 0 bridgehead atoms. The number of nitrogens with one attached hydrogen (secondary N) is 1. The van der Waals surface area contributed by atoms with Gasteiger partial charge in [0.1, 0.15) is 18.0 Å². The minimum atomic E-state index is -3.98. The van der Waals surface area contributed by atoms with E-state index in [1.807, 2.05) is 24.3 Å². The average molecular weight is 483 g/mol. The van der Waals surface area contributed by atoms with Gasteiger partial charge in [0.25, 0.3) is 10.0 Å². The Hall–Kier alpha value is -3.52. The van der Waals surface area contributed by atoms with Gasteiger partial charge in [-0.25, -0.2) is 8.42 Å². The van der Waals surface area contributed by atoms with Crippen LogP contribution in [0.2, 0.25) is 0 Å².